The highest BCUT2D eigenvalue weighted by Gasteiger charge is 2.23. The Labute approximate surface area is 521 Å². The lowest BCUT2D eigenvalue weighted by atomic mass is 10.0. The van der Waals surface area contributed by atoms with Crippen LogP contribution in [0, 0.1) is 0 Å². The number of unbranched alkanes of at least 4 members (excludes halogenated alkanes) is 35. The number of hydrogen-bond acceptors (Lipinski definition) is 6. The number of aliphatic hydroxyl groups is 1. The van der Waals surface area contributed by atoms with E-state index in [0.29, 0.717) is 17.4 Å². The van der Waals surface area contributed by atoms with Crippen LogP contribution in [-0.2, 0) is 18.4 Å². The predicted octanol–water partition coefficient (Wildman–Crippen LogP) is 22.0. The highest BCUT2D eigenvalue weighted by Crippen LogP contribution is 2.38. The van der Waals surface area contributed by atoms with E-state index in [9.17, 15) is 19.4 Å². The number of nitrogens with zero attached hydrogens (tertiary/aromatic N) is 1. The minimum Gasteiger partial charge on any atom is -0.756 e. The number of phosphoric acid groups is 1. The predicted molar refractivity (Wildman–Crippen MR) is 366 cm³/mol. The highest BCUT2D eigenvalue weighted by atomic mass is 31.2. The average molecular weight is 1190 g/mol. The number of rotatable bonds is 64. The van der Waals surface area contributed by atoms with Gasteiger partial charge in [0.05, 0.1) is 39.9 Å². The van der Waals surface area contributed by atoms with Crippen molar-refractivity contribution in [2.75, 3.05) is 40.9 Å². The van der Waals surface area contributed by atoms with Crippen LogP contribution in [0.5, 0.6) is 0 Å². The molecule has 0 aliphatic rings. The minimum atomic E-state index is -4.61. The number of amides is 1. The van der Waals surface area contributed by atoms with E-state index in [2.05, 4.69) is 116 Å². The van der Waals surface area contributed by atoms with Crippen LogP contribution in [0.4, 0.5) is 0 Å². The summed E-state index contributed by atoms with van der Waals surface area (Å²) in [6.07, 6.45) is 94.9. The van der Waals surface area contributed by atoms with Crippen LogP contribution in [0.25, 0.3) is 0 Å². The summed E-state index contributed by atoms with van der Waals surface area (Å²) < 4.78 is 23.5. The first-order valence-electron chi connectivity index (χ1n) is 35.2. The summed E-state index contributed by atoms with van der Waals surface area (Å²) >= 11 is 0. The molecule has 1 amide bonds. The van der Waals surface area contributed by atoms with Gasteiger partial charge < -0.3 is 28.8 Å². The zero-order valence-electron chi connectivity index (χ0n) is 55.6. The van der Waals surface area contributed by atoms with Crippen molar-refractivity contribution in [1.82, 2.24) is 5.32 Å². The van der Waals surface area contributed by atoms with E-state index in [1.165, 1.54) is 186 Å². The van der Waals surface area contributed by atoms with Gasteiger partial charge in [-0.2, -0.15) is 0 Å². The second-order valence-electron chi connectivity index (χ2n) is 24.9. The van der Waals surface area contributed by atoms with Crippen molar-refractivity contribution < 1.29 is 32.9 Å². The molecule has 486 valence electrons. The summed E-state index contributed by atoms with van der Waals surface area (Å²) in [6, 6.07) is -0.901. The van der Waals surface area contributed by atoms with Crippen LogP contribution >= 0.6 is 7.82 Å². The molecule has 8 nitrogen and oxygen atoms in total. The van der Waals surface area contributed by atoms with Gasteiger partial charge in [0.1, 0.15) is 13.2 Å². The van der Waals surface area contributed by atoms with Gasteiger partial charge in [-0.1, -0.05) is 329 Å². The Morgan fingerprint density at radius 1 is 0.429 bits per heavy atom. The summed E-state index contributed by atoms with van der Waals surface area (Å²) in [5, 5.41) is 14.0. The Kier molecular flexibility index (Phi) is 62.4. The average Bonchev–Trinajstić information content (AvgIpc) is 3.56. The van der Waals surface area contributed by atoms with E-state index < -0.39 is 20.0 Å². The van der Waals surface area contributed by atoms with E-state index >= 15 is 0 Å². The Hall–Kier alpha value is -2.84. The zero-order chi connectivity index (χ0) is 61.2. The van der Waals surface area contributed by atoms with Gasteiger partial charge in [-0.25, -0.2) is 0 Å². The van der Waals surface area contributed by atoms with Gasteiger partial charge in [0.15, 0.2) is 0 Å². The number of aliphatic hydroxyl groups excluding tert-OH is 1. The molecule has 2 N–H and O–H groups in total. The van der Waals surface area contributed by atoms with E-state index in [1.807, 2.05) is 27.2 Å². The summed E-state index contributed by atoms with van der Waals surface area (Å²) in [7, 11) is 1.25. The first-order chi connectivity index (χ1) is 41.0. The minimum absolute atomic E-state index is 0.00744. The molecule has 0 spiro atoms. The molecule has 0 aromatic rings. The Morgan fingerprint density at radius 2 is 0.726 bits per heavy atom. The van der Waals surface area contributed by atoms with Crippen molar-refractivity contribution >= 4 is 13.7 Å². The second kappa shape index (κ2) is 64.6. The van der Waals surface area contributed by atoms with Crippen LogP contribution in [0.15, 0.2) is 109 Å². The van der Waals surface area contributed by atoms with Gasteiger partial charge >= 0.3 is 0 Å². The molecule has 0 saturated carbocycles. The maximum absolute atomic E-state index is 13.0. The molecule has 0 radical (unpaired) electrons. The van der Waals surface area contributed by atoms with Crippen molar-refractivity contribution in [3.63, 3.8) is 0 Å². The van der Waals surface area contributed by atoms with E-state index in [-0.39, 0.29) is 19.1 Å². The van der Waals surface area contributed by atoms with Crippen molar-refractivity contribution in [2.45, 2.75) is 321 Å². The smallest absolute Gasteiger partial charge is 0.268 e. The van der Waals surface area contributed by atoms with Crippen LogP contribution in [0.3, 0.4) is 0 Å². The normalized spacial score (nSPS) is 14.3. The molecule has 0 aromatic carbocycles. The van der Waals surface area contributed by atoms with Crippen LogP contribution in [0.2, 0.25) is 0 Å². The van der Waals surface area contributed by atoms with Gasteiger partial charge in [-0.3, -0.25) is 9.36 Å². The third-order valence-electron chi connectivity index (χ3n) is 15.5. The number of phosphoric ester groups is 1. The largest absolute Gasteiger partial charge is 0.756 e. The molecule has 3 unspecified atom stereocenters. The number of quaternary nitrogens is 1. The molecule has 0 saturated heterocycles. The molecule has 0 fully saturated rings. The van der Waals surface area contributed by atoms with Crippen molar-refractivity contribution in [3.05, 3.63) is 109 Å². The number of hydrogen-bond donors (Lipinski definition) is 2. The van der Waals surface area contributed by atoms with Crippen molar-refractivity contribution in [2.24, 2.45) is 0 Å². The number of carbonyl (C=O) groups is 1. The second-order valence-corrected chi connectivity index (χ2v) is 26.3. The Bertz CT molecular complexity index is 1740. The van der Waals surface area contributed by atoms with E-state index in [0.717, 1.165) is 103 Å². The Balaban J connectivity index is 4.14. The third-order valence-corrected chi connectivity index (χ3v) is 16.5. The monoisotopic (exact) mass is 1190 g/mol. The summed E-state index contributed by atoms with van der Waals surface area (Å²) in [5.74, 6) is -0.207. The summed E-state index contributed by atoms with van der Waals surface area (Å²) in [4.78, 5) is 25.6. The molecular formula is C75H135N2O6P. The van der Waals surface area contributed by atoms with Crippen LogP contribution in [0.1, 0.15) is 309 Å². The van der Waals surface area contributed by atoms with Gasteiger partial charge in [0, 0.05) is 6.42 Å². The van der Waals surface area contributed by atoms with Crippen LogP contribution < -0.4 is 10.2 Å². The number of nitrogens with one attached hydrogen (secondary N) is 1. The zero-order valence-corrected chi connectivity index (χ0v) is 56.5. The molecule has 0 aromatic heterocycles. The summed E-state index contributed by atoms with van der Waals surface area (Å²) in [5.41, 5.74) is 0. The van der Waals surface area contributed by atoms with E-state index in [1.54, 1.807) is 6.08 Å². The van der Waals surface area contributed by atoms with E-state index in [4.69, 9.17) is 9.05 Å². The molecule has 9 heteroatoms. The van der Waals surface area contributed by atoms with Gasteiger partial charge in [0.2, 0.25) is 5.91 Å². The number of allylic oxidation sites excluding steroid dienone is 17. The highest BCUT2D eigenvalue weighted by molar-refractivity contribution is 7.45. The summed E-state index contributed by atoms with van der Waals surface area (Å²) in [6.45, 7) is 4.55. The first kappa shape index (κ1) is 81.2. The quantitative estimate of drug-likeness (QED) is 0.0272. The lowest BCUT2D eigenvalue weighted by Crippen LogP contribution is -2.45. The lowest BCUT2D eigenvalue weighted by molar-refractivity contribution is -0.870. The SMILES string of the molecule is CC/C=C\C/C=C\C/C=C\C/C=C\C/C=C\C/C=C\C/C=C\C/C=C\CCCCCCCCCCC(=O)NC(COP(=O)([O-])OCC[N+](C)(C)C)C(O)/C=C/CCCCCCCCCCCCCCCCCCCCCCCCCCCCC. The van der Waals surface area contributed by atoms with Crippen molar-refractivity contribution in [3.8, 4) is 0 Å². The fraction of sp³-hybridized carbons (Fsp3) is 0.747. The maximum atomic E-state index is 13.0. The molecule has 0 heterocycles. The molecule has 0 bridgehead atoms. The third kappa shape index (κ3) is 66.7. The topological polar surface area (TPSA) is 108 Å². The van der Waals surface area contributed by atoms with Crippen LogP contribution in [-0.4, -0.2) is 68.5 Å². The van der Waals surface area contributed by atoms with Gasteiger partial charge in [0.25, 0.3) is 7.82 Å². The molecule has 3 atom stereocenters. The maximum Gasteiger partial charge on any atom is 0.268 e. The fourth-order valence-corrected chi connectivity index (χ4v) is 10.8. The lowest BCUT2D eigenvalue weighted by Gasteiger charge is -2.29. The molecule has 0 aliphatic heterocycles. The Morgan fingerprint density at radius 3 is 1.06 bits per heavy atom. The number of likely N-dealkylation sites (N-methyl/N-ethyl adjacent to an activating group) is 1. The first-order valence-corrected chi connectivity index (χ1v) is 36.7. The molecule has 0 rings (SSSR count). The van der Waals surface area contributed by atoms with Gasteiger partial charge in [-0.05, 0) is 83.5 Å². The number of carbonyl (C=O) groups excluding carboxylic acids is 1. The standard InChI is InChI=1S/C75H135N2O6P/c1-6-8-10-12-14-16-18-20-22-24-26-28-30-32-34-36-37-38-39-41-43-45-47-49-51-53-55-57-59-61-63-65-67-69-75(79)76-73(72-83-84(80,81)82-71-70-77(3,4)5)74(78)68-66-64-62-60-58-56-54-52-50-48-46-44-42-40-35-33-31-29-27-25-23-21-19-17-15-13-11-9-7-2/h8,10,14,16,20,22,26,28,32,34,37-38,41,43,47,49,66,68,73-74,78H,6-7,9,11-13,15,17-19,21,23-25,27,29-31,33,35-36,39-40,42,44-46,48,50-65,67,69-72H2,1-5H3,(H-,76,79,80,81)/b10-8-,16-14-,22-20-,28-26-,34-32-,38-37-,43-41-,49-47-,68-66+. The fourth-order valence-electron chi connectivity index (χ4n) is 10.1. The molecule has 0 aliphatic carbocycles. The van der Waals surface area contributed by atoms with Crippen molar-refractivity contribution in [1.29, 1.82) is 0 Å². The molecular weight excluding hydrogens is 1060 g/mol. The van der Waals surface area contributed by atoms with Gasteiger partial charge in [-0.15, -0.1) is 0 Å². The molecule has 84 heavy (non-hydrogen) atoms.